The van der Waals surface area contributed by atoms with Crippen LogP contribution in [0, 0.1) is 25.7 Å². The zero-order valence-electron chi connectivity index (χ0n) is 12.8. The second-order valence-corrected chi connectivity index (χ2v) is 5.98. The molecule has 0 bridgehead atoms. The molecule has 1 N–H and O–H groups in total. The lowest BCUT2D eigenvalue weighted by Crippen LogP contribution is -2.05. The van der Waals surface area contributed by atoms with Gasteiger partial charge in [0.25, 0.3) is 0 Å². The summed E-state index contributed by atoms with van der Waals surface area (Å²) in [6, 6.07) is 4.17. The minimum atomic E-state index is -0.637. The van der Waals surface area contributed by atoms with Crippen molar-refractivity contribution in [1.82, 2.24) is 0 Å². The van der Waals surface area contributed by atoms with E-state index in [1.165, 1.54) is 16.7 Å². The molecule has 1 fully saturated rings. The molecular formula is C17H24O3. The van der Waals surface area contributed by atoms with Crippen molar-refractivity contribution in [2.75, 3.05) is 6.61 Å². The van der Waals surface area contributed by atoms with Gasteiger partial charge >= 0.3 is 5.97 Å². The molecule has 110 valence electrons. The van der Waals surface area contributed by atoms with Gasteiger partial charge in [0.1, 0.15) is 5.75 Å². The van der Waals surface area contributed by atoms with E-state index >= 15 is 0 Å². The van der Waals surface area contributed by atoms with Crippen LogP contribution in [0.5, 0.6) is 5.75 Å². The number of hydrogen-bond donors (Lipinski definition) is 1. The molecule has 1 aliphatic carbocycles. The van der Waals surface area contributed by atoms with Crippen molar-refractivity contribution in [2.24, 2.45) is 11.8 Å². The fraction of sp³-hybridized carbons (Fsp3) is 0.588. The Morgan fingerprint density at radius 3 is 2.45 bits per heavy atom. The van der Waals surface area contributed by atoms with E-state index in [0.29, 0.717) is 18.4 Å². The molecule has 20 heavy (non-hydrogen) atoms. The largest absolute Gasteiger partial charge is 0.494 e. The van der Waals surface area contributed by atoms with Crippen LogP contribution in [0.1, 0.15) is 49.3 Å². The molecule has 3 unspecified atom stereocenters. The number of rotatable bonds is 6. The summed E-state index contributed by atoms with van der Waals surface area (Å²) < 4.78 is 5.57. The molecule has 3 atom stereocenters. The Balaban J connectivity index is 2.10. The van der Waals surface area contributed by atoms with E-state index in [-0.39, 0.29) is 5.92 Å². The number of ether oxygens (including phenoxy) is 1. The number of benzene rings is 1. The lowest BCUT2D eigenvalue weighted by molar-refractivity contribution is -0.138. The minimum absolute atomic E-state index is 0.110. The average molecular weight is 276 g/mol. The smallest absolute Gasteiger partial charge is 0.306 e. The predicted octanol–water partition coefficient (Wildman–Crippen LogP) is 3.92. The molecule has 0 spiro atoms. The van der Waals surface area contributed by atoms with Crippen molar-refractivity contribution in [1.29, 1.82) is 0 Å². The van der Waals surface area contributed by atoms with Crippen LogP contribution in [-0.2, 0) is 4.79 Å². The van der Waals surface area contributed by atoms with Crippen molar-refractivity contribution in [2.45, 2.75) is 46.5 Å². The van der Waals surface area contributed by atoms with Gasteiger partial charge in [-0.2, -0.15) is 0 Å². The molecule has 1 aliphatic rings. The molecule has 0 heterocycles. The molecule has 3 heteroatoms. The van der Waals surface area contributed by atoms with E-state index in [2.05, 4.69) is 32.9 Å². The third kappa shape index (κ3) is 3.14. The van der Waals surface area contributed by atoms with Gasteiger partial charge in [-0.15, -0.1) is 0 Å². The van der Waals surface area contributed by atoms with Crippen molar-refractivity contribution in [3.8, 4) is 5.75 Å². The number of aryl methyl sites for hydroxylation is 2. The van der Waals surface area contributed by atoms with Crippen LogP contribution in [0.25, 0.3) is 0 Å². The van der Waals surface area contributed by atoms with Crippen LogP contribution in [0.3, 0.4) is 0 Å². The lowest BCUT2D eigenvalue weighted by Gasteiger charge is -2.19. The molecular weight excluding hydrogens is 252 g/mol. The summed E-state index contributed by atoms with van der Waals surface area (Å²) in [4.78, 5) is 10.9. The van der Waals surface area contributed by atoms with Crippen LogP contribution in [0.15, 0.2) is 12.1 Å². The Morgan fingerprint density at radius 2 is 2.00 bits per heavy atom. The quantitative estimate of drug-likeness (QED) is 0.856. The van der Waals surface area contributed by atoms with E-state index < -0.39 is 5.97 Å². The molecule has 1 aromatic rings. The molecule has 0 radical (unpaired) electrons. The summed E-state index contributed by atoms with van der Waals surface area (Å²) in [6.45, 7) is 9.09. The Hall–Kier alpha value is -1.51. The number of carbonyl (C=O) groups is 1. The van der Waals surface area contributed by atoms with Gasteiger partial charge in [-0.3, -0.25) is 4.79 Å². The molecule has 0 aliphatic heterocycles. The van der Waals surface area contributed by atoms with Gasteiger partial charge in [0, 0.05) is 0 Å². The molecule has 0 aromatic heterocycles. The van der Waals surface area contributed by atoms with Gasteiger partial charge in [-0.25, -0.2) is 0 Å². The fourth-order valence-electron chi connectivity index (χ4n) is 3.34. The predicted molar refractivity (Wildman–Crippen MR) is 79.3 cm³/mol. The third-order valence-electron chi connectivity index (χ3n) is 4.27. The highest BCUT2D eigenvalue weighted by Gasteiger charge is 2.43. The summed E-state index contributed by atoms with van der Waals surface area (Å²) in [5.74, 6) is 0.935. The highest BCUT2D eigenvalue weighted by molar-refractivity contribution is 5.73. The van der Waals surface area contributed by atoms with Crippen LogP contribution in [0.4, 0.5) is 0 Å². The van der Waals surface area contributed by atoms with Crippen LogP contribution < -0.4 is 4.74 Å². The first-order chi connectivity index (χ1) is 9.43. The monoisotopic (exact) mass is 276 g/mol. The number of carboxylic acids is 1. The molecule has 1 aromatic carbocycles. The maximum Gasteiger partial charge on any atom is 0.306 e. The third-order valence-corrected chi connectivity index (χ3v) is 4.27. The van der Waals surface area contributed by atoms with Crippen LogP contribution >= 0.6 is 0 Å². The highest BCUT2D eigenvalue weighted by Crippen LogP contribution is 2.46. The summed E-state index contributed by atoms with van der Waals surface area (Å²) >= 11 is 0. The Kier molecular flexibility index (Phi) is 4.36. The van der Waals surface area contributed by atoms with Crippen LogP contribution in [0.2, 0.25) is 0 Å². The van der Waals surface area contributed by atoms with Crippen molar-refractivity contribution >= 4 is 5.97 Å². The summed E-state index contributed by atoms with van der Waals surface area (Å²) in [6.07, 6.45) is 1.81. The second kappa shape index (κ2) is 5.86. The second-order valence-electron chi connectivity index (χ2n) is 5.98. The number of hydrogen-bond acceptors (Lipinski definition) is 2. The van der Waals surface area contributed by atoms with Gasteiger partial charge in [0.05, 0.1) is 12.5 Å². The topological polar surface area (TPSA) is 46.5 Å². The zero-order valence-corrected chi connectivity index (χ0v) is 12.8. The standard InChI is InChI=1S/C17H24O3/c1-5-20-14-7-11(3)16(12(4)8-14)10(2)6-13-9-15(13)17(18)19/h7-8,10,13,15H,5-6,9H2,1-4H3,(H,18,19). The molecule has 3 nitrogen and oxygen atoms in total. The van der Waals surface area contributed by atoms with Crippen molar-refractivity contribution < 1.29 is 14.6 Å². The van der Waals surface area contributed by atoms with E-state index in [4.69, 9.17) is 9.84 Å². The first-order valence-electron chi connectivity index (χ1n) is 7.40. The van der Waals surface area contributed by atoms with E-state index in [9.17, 15) is 4.79 Å². The minimum Gasteiger partial charge on any atom is -0.494 e. The summed E-state index contributed by atoms with van der Waals surface area (Å²) in [5, 5.41) is 9.00. The maximum absolute atomic E-state index is 10.9. The van der Waals surface area contributed by atoms with Crippen molar-refractivity contribution in [3.05, 3.63) is 28.8 Å². The molecule has 1 saturated carbocycles. The van der Waals surface area contributed by atoms with Gasteiger partial charge in [0.2, 0.25) is 0 Å². The summed E-state index contributed by atoms with van der Waals surface area (Å²) in [5.41, 5.74) is 3.84. The van der Waals surface area contributed by atoms with Gasteiger partial charge in [-0.05, 0) is 74.3 Å². The molecule has 0 saturated heterocycles. The fourth-order valence-corrected chi connectivity index (χ4v) is 3.34. The van der Waals surface area contributed by atoms with Crippen molar-refractivity contribution in [3.63, 3.8) is 0 Å². The molecule has 2 rings (SSSR count). The van der Waals surface area contributed by atoms with Crippen LogP contribution in [-0.4, -0.2) is 17.7 Å². The maximum atomic E-state index is 10.9. The zero-order chi connectivity index (χ0) is 14.9. The Bertz CT molecular complexity index is 484. The van der Waals surface area contributed by atoms with Gasteiger partial charge in [0.15, 0.2) is 0 Å². The highest BCUT2D eigenvalue weighted by atomic mass is 16.5. The number of carboxylic acid groups (broad SMARTS) is 1. The van der Waals surface area contributed by atoms with Gasteiger partial charge < -0.3 is 9.84 Å². The number of aliphatic carboxylic acids is 1. The van der Waals surface area contributed by atoms with E-state index in [1.807, 2.05) is 6.92 Å². The Morgan fingerprint density at radius 1 is 1.40 bits per heavy atom. The lowest BCUT2D eigenvalue weighted by atomic mass is 9.88. The first kappa shape index (κ1) is 14.9. The normalized spacial score (nSPS) is 22.4. The SMILES string of the molecule is CCOc1cc(C)c(C(C)CC2CC2C(=O)O)c(C)c1. The summed E-state index contributed by atoms with van der Waals surface area (Å²) in [7, 11) is 0. The molecule has 0 amide bonds. The first-order valence-corrected chi connectivity index (χ1v) is 7.40. The van der Waals surface area contributed by atoms with E-state index in [0.717, 1.165) is 18.6 Å². The average Bonchev–Trinajstić information content (AvgIpc) is 3.07. The van der Waals surface area contributed by atoms with Gasteiger partial charge in [-0.1, -0.05) is 6.92 Å². The Labute approximate surface area is 121 Å². The van der Waals surface area contributed by atoms with E-state index in [1.54, 1.807) is 0 Å².